The number of hydrogen-bond acceptors (Lipinski definition) is 7. The lowest BCUT2D eigenvalue weighted by atomic mass is 9.97. The topological polar surface area (TPSA) is 83.9 Å². The van der Waals surface area contributed by atoms with Crippen LogP contribution in [0.5, 0.6) is 0 Å². The van der Waals surface area contributed by atoms with Crippen LogP contribution in [0.25, 0.3) is 11.0 Å². The average Bonchev–Trinajstić information content (AvgIpc) is 3.14. The Morgan fingerprint density at radius 1 is 1.29 bits per heavy atom. The summed E-state index contributed by atoms with van der Waals surface area (Å²) in [5.41, 5.74) is 3.35. The Morgan fingerprint density at radius 2 is 2.17 bits per heavy atom. The van der Waals surface area contributed by atoms with Crippen LogP contribution in [0.2, 0.25) is 0 Å². The first-order chi connectivity index (χ1) is 11.8. The van der Waals surface area contributed by atoms with E-state index in [1.165, 1.54) is 11.3 Å². The number of benzene rings is 1. The first kappa shape index (κ1) is 14.9. The van der Waals surface area contributed by atoms with Crippen molar-refractivity contribution in [1.82, 2.24) is 20.2 Å². The van der Waals surface area contributed by atoms with Gasteiger partial charge in [0.25, 0.3) is 0 Å². The number of aromatic nitrogens is 4. The predicted octanol–water partition coefficient (Wildman–Crippen LogP) is 2.34. The first-order valence-corrected chi connectivity index (χ1v) is 8.71. The second kappa shape index (κ2) is 6.48. The van der Waals surface area contributed by atoms with E-state index in [4.69, 9.17) is 0 Å². The number of nitrogens with zero attached hydrogens (tertiary/aromatic N) is 5. The van der Waals surface area contributed by atoms with E-state index < -0.39 is 0 Å². The van der Waals surface area contributed by atoms with Gasteiger partial charge in [0.15, 0.2) is 0 Å². The Hall–Kier alpha value is -2.61. The molecule has 0 aliphatic carbocycles. The molecule has 1 amide bonds. The molecular weight excluding hydrogens is 324 g/mol. The monoisotopic (exact) mass is 340 g/mol. The lowest BCUT2D eigenvalue weighted by molar-refractivity contribution is -0.120. The molecule has 2 aromatic heterocycles. The van der Waals surface area contributed by atoms with Crippen molar-refractivity contribution in [2.24, 2.45) is 5.92 Å². The van der Waals surface area contributed by atoms with E-state index in [1.807, 2.05) is 24.3 Å². The minimum atomic E-state index is -0.0871. The summed E-state index contributed by atoms with van der Waals surface area (Å²) in [6.45, 7) is 1.52. The third-order valence-corrected chi connectivity index (χ3v) is 4.75. The van der Waals surface area contributed by atoms with Gasteiger partial charge >= 0.3 is 0 Å². The second-order valence-corrected chi connectivity index (χ2v) is 6.57. The maximum Gasteiger partial charge on any atom is 0.231 e. The average molecular weight is 340 g/mol. The van der Waals surface area contributed by atoms with Crippen LogP contribution in [0.1, 0.15) is 12.8 Å². The quantitative estimate of drug-likeness (QED) is 0.788. The van der Waals surface area contributed by atoms with Gasteiger partial charge in [-0.25, -0.2) is 4.98 Å². The minimum Gasteiger partial charge on any atom is -0.355 e. The second-order valence-electron chi connectivity index (χ2n) is 5.74. The van der Waals surface area contributed by atoms with Gasteiger partial charge in [0.05, 0.1) is 23.1 Å². The van der Waals surface area contributed by atoms with E-state index in [1.54, 1.807) is 11.7 Å². The number of carbonyl (C=O) groups is 1. The van der Waals surface area contributed by atoms with E-state index in [-0.39, 0.29) is 11.8 Å². The molecule has 1 fully saturated rings. The summed E-state index contributed by atoms with van der Waals surface area (Å²) in [5, 5.41) is 11.0. The van der Waals surface area contributed by atoms with Crippen LogP contribution in [0, 0.1) is 5.92 Å². The van der Waals surface area contributed by atoms with Crippen LogP contribution in [-0.4, -0.2) is 39.2 Å². The summed E-state index contributed by atoms with van der Waals surface area (Å²) < 4.78 is 0. The zero-order chi connectivity index (χ0) is 16.4. The van der Waals surface area contributed by atoms with E-state index in [2.05, 4.69) is 30.4 Å². The van der Waals surface area contributed by atoms with Gasteiger partial charge in [-0.05, 0) is 25.0 Å². The van der Waals surface area contributed by atoms with E-state index in [0.717, 1.165) is 36.2 Å². The Bertz CT molecular complexity index is 853. The molecule has 0 unspecified atom stereocenters. The molecule has 122 valence electrons. The highest BCUT2D eigenvalue weighted by Gasteiger charge is 2.27. The number of fused-ring (bicyclic) bond motifs is 1. The molecule has 4 rings (SSSR count). The van der Waals surface area contributed by atoms with Crippen LogP contribution in [0.4, 0.5) is 10.9 Å². The van der Waals surface area contributed by atoms with Crippen molar-refractivity contribution in [2.45, 2.75) is 12.8 Å². The van der Waals surface area contributed by atoms with Crippen molar-refractivity contribution in [3.63, 3.8) is 0 Å². The van der Waals surface area contributed by atoms with Crippen molar-refractivity contribution in [3.8, 4) is 0 Å². The van der Waals surface area contributed by atoms with Crippen LogP contribution in [-0.2, 0) is 4.79 Å². The summed E-state index contributed by atoms with van der Waals surface area (Å²) in [4.78, 5) is 23.7. The Labute approximate surface area is 142 Å². The highest BCUT2D eigenvalue weighted by molar-refractivity contribution is 7.13. The Balaban J connectivity index is 1.50. The molecule has 0 bridgehead atoms. The van der Waals surface area contributed by atoms with Crippen molar-refractivity contribution in [2.75, 3.05) is 23.3 Å². The maximum atomic E-state index is 12.4. The molecule has 0 saturated carbocycles. The van der Waals surface area contributed by atoms with Crippen molar-refractivity contribution in [3.05, 3.63) is 36.0 Å². The number of amides is 1. The SMILES string of the molecule is O=C(Nc1nncs1)[C@H]1CCCN(c2cnc3ccccc3n2)C1. The van der Waals surface area contributed by atoms with E-state index >= 15 is 0 Å². The highest BCUT2D eigenvalue weighted by Crippen LogP contribution is 2.24. The molecule has 3 heterocycles. The standard InChI is InChI=1S/C16H16N6OS/c23-15(20-16-21-18-10-24-16)11-4-3-7-22(9-11)14-8-17-12-5-1-2-6-13(12)19-14/h1-2,5-6,8,10-11H,3-4,7,9H2,(H,20,21,23)/t11-/m0/s1. The molecule has 1 atom stereocenters. The summed E-state index contributed by atoms with van der Waals surface area (Å²) in [5.74, 6) is 0.725. The summed E-state index contributed by atoms with van der Waals surface area (Å²) in [6.07, 6.45) is 3.60. The van der Waals surface area contributed by atoms with Crippen molar-refractivity contribution >= 4 is 39.2 Å². The molecular formula is C16H16N6OS. The molecule has 0 spiro atoms. The number of rotatable bonds is 3. The molecule has 1 N–H and O–H groups in total. The zero-order valence-corrected chi connectivity index (χ0v) is 13.7. The highest BCUT2D eigenvalue weighted by atomic mass is 32.1. The van der Waals surface area contributed by atoms with Gasteiger partial charge in [0, 0.05) is 13.1 Å². The van der Waals surface area contributed by atoms with Gasteiger partial charge in [-0.3, -0.25) is 9.78 Å². The molecule has 24 heavy (non-hydrogen) atoms. The van der Waals surface area contributed by atoms with Crippen molar-refractivity contribution in [1.29, 1.82) is 0 Å². The fourth-order valence-corrected chi connectivity index (χ4v) is 3.38. The Morgan fingerprint density at radius 3 is 3.00 bits per heavy atom. The molecule has 3 aromatic rings. The normalized spacial score (nSPS) is 17.8. The largest absolute Gasteiger partial charge is 0.355 e. The third-order valence-electron chi connectivity index (χ3n) is 4.14. The Kier molecular flexibility index (Phi) is 4.04. The molecule has 1 aliphatic rings. The molecule has 7 nitrogen and oxygen atoms in total. The van der Waals surface area contributed by atoms with Gasteiger partial charge < -0.3 is 10.2 Å². The minimum absolute atomic E-state index is 0.00908. The van der Waals surface area contributed by atoms with Crippen LogP contribution < -0.4 is 10.2 Å². The smallest absolute Gasteiger partial charge is 0.231 e. The number of para-hydroxylation sites is 2. The lowest BCUT2D eigenvalue weighted by Gasteiger charge is -2.32. The summed E-state index contributed by atoms with van der Waals surface area (Å²) in [6, 6.07) is 7.80. The van der Waals surface area contributed by atoms with Gasteiger partial charge in [0.1, 0.15) is 11.3 Å². The van der Waals surface area contributed by atoms with Gasteiger partial charge in [0.2, 0.25) is 11.0 Å². The van der Waals surface area contributed by atoms with Gasteiger partial charge in [-0.2, -0.15) is 0 Å². The maximum absolute atomic E-state index is 12.4. The van der Waals surface area contributed by atoms with Crippen LogP contribution in [0.3, 0.4) is 0 Å². The molecule has 1 saturated heterocycles. The number of hydrogen-bond donors (Lipinski definition) is 1. The van der Waals surface area contributed by atoms with E-state index in [0.29, 0.717) is 11.7 Å². The summed E-state index contributed by atoms with van der Waals surface area (Å²) >= 11 is 1.32. The number of nitrogens with one attached hydrogen (secondary N) is 1. The molecule has 1 aliphatic heterocycles. The number of piperidine rings is 1. The van der Waals surface area contributed by atoms with E-state index in [9.17, 15) is 4.79 Å². The predicted molar refractivity (Wildman–Crippen MR) is 93.0 cm³/mol. The third kappa shape index (κ3) is 3.05. The van der Waals surface area contributed by atoms with Gasteiger partial charge in [-0.1, -0.05) is 23.5 Å². The van der Waals surface area contributed by atoms with Crippen LogP contribution in [0.15, 0.2) is 36.0 Å². The van der Waals surface area contributed by atoms with Gasteiger partial charge in [-0.15, -0.1) is 10.2 Å². The molecule has 1 aromatic carbocycles. The first-order valence-electron chi connectivity index (χ1n) is 7.83. The van der Waals surface area contributed by atoms with Crippen molar-refractivity contribution < 1.29 is 4.79 Å². The van der Waals surface area contributed by atoms with Crippen LogP contribution >= 0.6 is 11.3 Å². The fraction of sp³-hybridized carbons (Fsp3) is 0.312. The molecule has 8 heteroatoms. The zero-order valence-electron chi connectivity index (χ0n) is 12.9. The fourth-order valence-electron chi connectivity index (χ4n) is 2.93. The lowest BCUT2D eigenvalue weighted by Crippen LogP contribution is -2.41. The summed E-state index contributed by atoms with van der Waals surface area (Å²) in [7, 11) is 0. The number of carbonyl (C=O) groups excluding carboxylic acids is 1. The molecule has 0 radical (unpaired) electrons. The number of anilines is 2.